The third-order valence-electron chi connectivity index (χ3n) is 2.66. The fourth-order valence-corrected chi connectivity index (χ4v) is 3.02. The molecule has 0 bridgehead atoms. The summed E-state index contributed by atoms with van der Waals surface area (Å²) in [5, 5.41) is 5.71. The maximum atomic E-state index is 11.2. The van der Waals surface area contributed by atoms with Gasteiger partial charge in [0, 0.05) is 9.92 Å². The number of hydrogen-bond donors (Lipinski definition) is 1. The van der Waals surface area contributed by atoms with Crippen molar-refractivity contribution in [1.29, 1.82) is 0 Å². The predicted molar refractivity (Wildman–Crippen MR) is 80.0 cm³/mol. The Bertz CT molecular complexity index is 697. The number of sulfonamides is 1. The molecule has 0 atom stereocenters. The topological polar surface area (TPSA) is 60.2 Å². The molecule has 0 aromatic heterocycles. The maximum Gasteiger partial charge on any atom is 0.238 e. The first-order valence-electron chi connectivity index (χ1n) is 5.38. The molecule has 2 aromatic rings. The SMILES string of the molecule is CSc1ccc(Cl)cc1-c1ccc(S(N)(=O)=O)cc1. The van der Waals surface area contributed by atoms with Crippen molar-refractivity contribution >= 4 is 33.4 Å². The molecule has 2 N–H and O–H groups in total. The van der Waals surface area contributed by atoms with Crippen molar-refractivity contribution in [1.82, 2.24) is 0 Å². The van der Waals surface area contributed by atoms with Crippen LogP contribution in [0.1, 0.15) is 0 Å². The first kappa shape index (κ1) is 14.4. The van der Waals surface area contributed by atoms with E-state index in [9.17, 15) is 8.42 Å². The van der Waals surface area contributed by atoms with Crippen molar-refractivity contribution in [2.45, 2.75) is 9.79 Å². The van der Waals surface area contributed by atoms with Crippen LogP contribution in [0.25, 0.3) is 11.1 Å². The minimum atomic E-state index is -3.66. The highest BCUT2D eigenvalue weighted by Gasteiger charge is 2.09. The molecule has 0 aliphatic heterocycles. The minimum Gasteiger partial charge on any atom is -0.225 e. The predicted octanol–water partition coefficient (Wildman–Crippen LogP) is 3.38. The summed E-state index contributed by atoms with van der Waals surface area (Å²) in [6.07, 6.45) is 1.98. The Morgan fingerprint density at radius 1 is 1.11 bits per heavy atom. The van der Waals surface area contributed by atoms with Crippen LogP contribution in [0.4, 0.5) is 0 Å². The number of thioether (sulfide) groups is 1. The van der Waals surface area contributed by atoms with E-state index >= 15 is 0 Å². The van der Waals surface area contributed by atoms with E-state index in [1.807, 2.05) is 24.5 Å². The Kier molecular flexibility index (Phi) is 4.20. The maximum absolute atomic E-state index is 11.2. The standard InChI is InChI=1S/C13H12ClNO2S2/c1-18-13-7-4-10(14)8-12(13)9-2-5-11(6-3-9)19(15,16)17/h2-8H,1H3,(H2,15,16,17). The molecule has 0 saturated heterocycles. The molecule has 0 radical (unpaired) electrons. The molecule has 0 fully saturated rings. The molecular formula is C13H12ClNO2S2. The van der Waals surface area contributed by atoms with Crippen LogP contribution < -0.4 is 5.14 Å². The third kappa shape index (κ3) is 3.30. The molecule has 3 nitrogen and oxygen atoms in total. The highest BCUT2D eigenvalue weighted by Crippen LogP contribution is 2.32. The second-order valence-electron chi connectivity index (χ2n) is 3.91. The fourth-order valence-electron chi connectivity index (χ4n) is 1.73. The zero-order valence-electron chi connectivity index (χ0n) is 10.1. The lowest BCUT2D eigenvalue weighted by atomic mass is 10.1. The molecule has 0 aliphatic rings. The minimum absolute atomic E-state index is 0.101. The second-order valence-corrected chi connectivity index (χ2v) is 6.76. The summed E-state index contributed by atoms with van der Waals surface area (Å²) in [5.74, 6) is 0. The van der Waals surface area contributed by atoms with E-state index in [1.165, 1.54) is 12.1 Å². The number of rotatable bonds is 3. The molecule has 0 spiro atoms. The van der Waals surface area contributed by atoms with Gasteiger partial charge in [-0.1, -0.05) is 23.7 Å². The van der Waals surface area contributed by atoms with Gasteiger partial charge < -0.3 is 0 Å². The Balaban J connectivity index is 2.51. The van der Waals surface area contributed by atoms with E-state index in [4.69, 9.17) is 16.7 Å². The van der Waals surface area contributed by atoms with Gasteiger partial charge in [0.15, 0.2) is 0 Å². The van der Waals surface area contributed by atoms with Gasteiger partial charge >= 0.3 is 0 Å². The van der Waals surface area contributed by atoms with Gasteiger partial charge in [0.25, 0.3) is 0 Å². The molecule has 0 amide bonds. The zero-order chi connectivity index (χ0) is 14.0. The highest BCUT2D eigenvalue weighted by molar-refractivity contribution is 7.98. The summed E-state index contributed by atoms with van der Waals surface area (Å²) in [5.41, 5.74) is 1.88. The summed E-state index contributed by atoms with van der Waals surface area (Å²) in [6, 6.07) is 12.1. The summed E-state index contributed by atoms with van der Waals surface area (Å²) in [6.45, 7) is 0. The Labute approximate surface area is 121 Å². The second kappa shape index (κ2) is 5.54. The van der Waals surface area contributed by atoms with Gasteiger partial charge in [-0.15, -0.1) is 11.8 Å². The molecule has 100 valence electrons. The van der Waals surface area contributed by atoms with Crippen LogP contribution in [0.15, 0.2) is 52.3 Å². The normalized spacial score (nSPS) is 11.5. The molecule has 0 aliphatic carbocycles. The average Bonchev–Trinajstić information content (AvgIpc) is 2.38. The van der Waals surface area contributed by atoms with Crippen LogP contribution in [-0.4, -0.2) is 14.7 Å². The van der Waals surface area contributed by atoms with E-state index in [2.05, 4.69) is 0 Å². The van der Waals surface area contributed by atoms with E-state index in [1.54, 1.807) is 23.9 Å². The molecule has 2 aromatic carbocycles. The van der Waals surface area contributed by atoms with Gasteiger partial charge in [0.1, 0.15) is 0 Å². The van der Waals surface area contributed by atoms with Crippen LogP contribution in [0.2, 0.25) is 5.02 Å². The van der Waals surface area contributed by atoms with Gasteiger partial charge in [0.2, 0.25) is 10.0 Å². The van der Waals surface area contributed by atoms with Crippen LogP contribution in [0, 0.1) is 0 Å². The number of primary sulfonamides is 1. The van der Waals surface area contributed by atoms with Crippen LogP contribution in [0.3, 0.4) is 0 Å². The molecular weight excluding hydrogens is 302 g/mol. The fraction of sp³-hybridized carbons (Fsp3) is 0.0769. The van der Waals surface area contributed by atoms with Gasteiger partial charge in [-0.25, -0.2) is 13.6 Å². The molecule has 19 heavy (non-hydrogen) atoms. The van der Waals surface area contributed by atoms with Crippen LogP contribution in [0.5, 0.6) is 0 Å². The number of halogens is 1. The first-order valence-corrected chi connectivity index (χ1v) is 8.53. The summed E-state index contributed by atoms with van der Waals surface area (Å²) >= 11 is 7.61. The number of hydrogen-bond acceptors (Lipinski definition) is 3. The Morgan fingerprint density at radius 2 is 1.74 bits per heavy atom. The van der Waals surface area contributed by atoms with Crippen molar-refractivity contribution in [2.24, 2.45) is 5.14 Å². The molecule has 0 saturated carbocycles. The molecule has 2 rings (SSSR count). The van der Waals surface area contributed by atoms with Crippen LogP contribution >= 0.6 is 23.4 Å². The lowest BCUT2D eigenvalue weighted by Gasteiger charge is -2.09. The van der Waals surface area contributed by atoms with Gasteiger partial charge in [0.05, 0.1) is 4.90 Å². The first-order chi connectivity index (χ1) is 8.91. The van der Waals surface area contributed by atoms with Gasteiger partial charge in [-0.05, 0) is 47.7 Å². The van der Waals surface area contributed by atoms with E-state index in [0.717, 1.165) is 16.0 Å². The lowest BCUT2D eigenvalue weighted by Crippen LogP contribution is -2.11. The van der Waals surface area contributed by atoms with E-state index in [0.29, 0.717) is 5.02 Å². The van der Waals surface area contributed by atoms with Crippen molar-refractivity contribution in [2.75, 3.05) is 6.26 Å². The van der Waals surface area contributed by atoms with Crippen molar-refractivity contribution in [3.05, 3.63) is 47.5 Å². The third-order valence-corrected chi connectivity index (χ3v) is 4.62. The molecule has 0 heterocycles. The Hall–Kier alpha value is -1.01. The van der Waals surface area contributed by atoms with E-state index in [-0.39, 0.29) is 4.90 Å². The van der Waals surface area contributed by atoms with Crippen molar-refractivity contribution in [3.8, 4) is 11.1 Å². The number of benzene rings is 2. The molecule has 0 unspecified atom stereocenters. The Morgan fingerprint density at radius 3 is 2.26 bits per heavy atom. The van der Waals surface area contributed by atoms with Crippen molar-refractivity contribution < 1.29 is 8.42 Å². The van der Waals surface area contributed by atoms with Gasteiger partial charge in [-0.2, -0.15) is 0 Å². The summed E-state index contributed by atoms with van der Waals surface area (Å²) in [7, 11) is -3.66. The summed E-state index contributed by atoms with van der Waals surface area (Å²) < 4.78 is 22.4. The van der Waals surface area contributed by atoms with Gasteiger partial charge in [-0.3, -0.25) is 0 Å². The van der Waals surface area contributed by atoms with Crippen LogP contribution in [-0.2, 0) is 10.0 Å². The summed E-state index contributed by atoms with van der Waals surface area (Å²) in [4.78, 5) is 1.18. The van der Waals surface area contributed by atoms with E-state index < -0.39 is 10.0 Å². The quantitative estimate of drug-likeness (QED) is 0.884. The molecule has 6 heteroatoms. The number of nitrogens with two attached hydrogens (primary N) is 1. The smallest absolute Gasteiger partial charge is 0.225 e. The largest absolute Gasteiger partial charge is 0.238 e. The highest BCUT2D eigenvalue weighted by atomic mass is 35.5. The average molecular weight is 314 g/mol. The monoisotopic (exact) mass is 313 g/mol. The zero-order valence-corrected chi connectivity index (χ0v) is 12.5. The van der Waals surface area contributed by atoms with Crippen molar-refractivity contribution in [3.63, 3.8) is 0 Å². The lowest BCUT2D eigenvalue weighted by molar-refractivity contribution is 0.598.